The summed E-state index contributed by atoms with van der Waals surface area (Å²) in [4.78, 5) is 29.1. The molecule has 3 rings (SSSR count). The number of carbonyl (C=O) groups is 1. The maximum atomic E-state index is 13.3. The van der Waals surface area contributed by atoms with Crippen LogP contribution in [-0.2, 0) is 17.5 Å². The first-order chi connectivity index (χ1) is 17.2. The number of ether oxygens (including phenoxy) is 2. The lowest BCUT2D eigenvalue weighted by molar-refractivity contribution is -0.141. The Morgan fingerprint density at radius 1 is 1.11 bits per heavy atom. The van der Waals surface area contributed by atoms with E-state index in [1.54, 1.807) is 45.0 Å². The second-order valence-electron chi connectivity index (χ2n) is 8.92. The molecule has 0 atom stereocenters. The van der Waals surface area contributed by atoms with Gasteiger partial charge in [-0.1, -0.05) is 29.8 Å². The predicted octanol–water partition coefficient (Wildman–Crippen LogP) is 5.19. The zero-order chi connectivity index (χ0) is 27.5. The summed E-state index contributed by atoms with van der Waals surface area (Å²) in [6.45, 7) is 6.25. The van der Waals surface area contributed by atoms with Crippen LogP contribution in [0.5, 0.6) is 5.75 Å². The molecule has 0 unspecified atom stereocenters. The van der Waals surface area contributed by atoms with E-state index in [2.05, 4.69) is 20.9 Å². The Bertz CT molecular complexity index is 1350. The van der Waals surface area contributed by atoms with Gasteiger partial charge in [0.25, 0.3) is 0 Å². The van der Waals surface area contributed by atoms with Crippen molar-refractivity contribution in [1.29, 1.82) is 0 Å². The van der Waals surface area contributed by atoms with Crippen LogP contribution in [0.4, 0.5) is 23.8 Å². The van der Waals surface area contributed by atoms with Crippen LogP contribution in [-0.4, -0.2) is 33.6 Å². The van der Waals surface area contributed by atoms with E-state index in [-0.39, 0.29) is 29.4 Å². The van der Waals surface area contributed by atoms with Gasteiger partial charge in [0.1, 0.15) is 11.3 Å². The maximum absolute atomic E-state index is 13.3. The minimum atomic E-state index is -4.60. The standard InChI is InChI=1S/C24H25ClF3N5O4/c1-13-15(8-11-17(29-13)24(26,27)28)12-33-21(34)19(36-5)18(14-6-9-16(25)10-7-14)20(32-33)30-31-22(35)37-23(2,3)4/h6-11H,12H2,1-5H3,(H,30,32)(H,31,35). The highest BCUT2D eigenvalue weighted by Gasteiger charge is 2.32. The molecule has 2 N–H and O–H groups in total. The molecular formula is C24H25ClF3N5O4. The summed E-state index contributed by atoms with van der Waals surface area (Å²) in [6.07, 6.45) is -5.41. The molecule has 0 radical (unpaired) electrons. The molecule has 0 spiro atoms. The first-order valence-electron chi connectivity index (χ1n) is 10.9. The Morgan fingerprint density at radius 3 is 2.30 bits per heavy atom. The number of rotatable bonds is 6. The number of nitrogens with one attached hydrogen (secondary N) is 2. The third kappa shape index (κ3) is 6.91. The Hall–Kier alpha value is -3.80. The summed E-state index contributed by atoms with van der Waals surface area (Å²) in [5, 5.41) is 4.77. The number of aryl methyl sites for hydroxylation is 1. The van der Waals surface area contributed by atoms with Gasteiger partial charge >= 0.3 is 17.8 Å². The van der Waals surface area contributed by atoms with E-state index in [4.69, 9.17) is 21.1 Å². The average molecular weight is 540 g/mol. The Balaban J connectivity index is 2.09. The summed E-state index contributed by atoms with van der Waals surface area (Å²) in [5.74, 6) is -0.106. The van der Waals surface area contributed by atoms with Crippen LogP contribution < -0.4 is 21.1 Å². The number of benzene rings is 1. The molecule has 0 saturated carbocycles. The van der Waals surface area contributed by atoms with E-state index in [0.717, 1.165) is 10.7 Å². The number of pyridine rings is 1. The lowest BCUT2D eigenvalue weighted by Gasteiger charge is -2.21. The number of alkyl halides is 3. The molecule has 0 bridgehead atoms. The largest absolute Gasteiger partial charge is 0.490 e. The highest BCUT2D eigenvalue weighted by Crippen LogP contribution is 2.34. The van der Waals surface area contributed by atoms with Crippen molar-refractivity contribution in [1.82, 2.24) is 20.2 Å². The van der Waals surface area contributed by atoms with E-state index in [0.29, 0.717) is 16.1 Å². The number of methoxy groups -OCH3 is 1. The lowest BCUT2D eigenvalue weighted by Crippen LogP contribution is -2.37. The molecule has 0 aliphatic carbocycles. The van der Waals surface area contributed by atoms with Crippen LogP contribution in [0.3, 0.4) is 0 Å². The fraction of sp³-hybridized carbons (Fsp3) is 0.333. The predicted molar refractivity (Wildman–Crippen MR) is 132 cm³/mol. The van der Waals surface area contributed by atoms with Crippen molar-refractivity contribution in [2.75, 3.05) is 12.5 Å². The van der Waals surface area contributed by atoms with Crippen LogP contribution in [0.2, 0.25) is 5.02 Å². The summed E-state index contributed by atoms with van der Waals surface area (Å²) in [7, 11) is 1.29. The van der Waals surface area contributed by atoms with Gasteiger partial charge in [0.05, 0.1) is 19.2 Å². The van der Waals surface area contributed by atoms with Crippen LogP contribution in [0, 0.1) is 6.92 Å². The van der Waals surface area contributed by atoms with Crippen LogP contribution in [0.25, 0.3) is 11.1 Å². The molecule has 1 aromatic carbocycles. The molecule has 1 amide bonds. The van der Waals surface area contributed by atoms with E-state index in [1.165, 1.54) is 20.1 Å². The second kappa shape index (κ2) is 10.7. The Morgan fingerprint density at radius 2 is 1.76 bits per heavy atom. The van der Waals surface area contributed by atoms with Crippen molar-refractivity contribution in [3.05, 3.63) is 68.7 Å². The molecule has 0 aliphatic rings. The third-order valence-electron chi connectivity index (χ3n) is 4.94. The summed E-state index contributed by atoms with van der Waals surface area (Å²) < 4.78 is 50.7. The topological polar surface area (TPSA) is 107 Å². The molecule has 3 aromatic rings. The van der Waals surface area contributed by atoms with Crippen LogP contribution in [0.1, 0.15) is 37.7 Å². The van der Waals surface area contributed by atoms with Gasteiger partial charge in [-0.3, -0.25) is 10.2 Å². The minimum absolute atomic E-state index is 0.0159. The van der Waals surface area contributed by atoms with Gasteiger partial charge in [-0.25, -0.2) is 19.9 Å². The number of carbonyl (C=O) groups excluding carboxylic acids is 1. The van der Waals surface area contributed by atoms with E-state index < -0.39 is 29.1 Å². The van der Waals surface area contributed by atoms with Crippen LogP contribution >= 0.6 is 11.6 Å². The number of amides is 1. The molecule has 0 aliphatic heterocycles. The summed E-state index contributed by atoms with van der Waals surface area (Å²) >= 11 is 6.00. The van der Waals surface area contributed by atoms with Gasteiger partial charge in [-0.05, 0) is 57.0 Å². The number of halogens is 4. The Labute approximate surface area is 215 Å². The van der Waals surface area contributed by atoms with E-state index in [9.17, 15) is 22.8 Å². The smallest absolute Gasteiger partial charge is 0.433 e. The number of hydrazine groups is 1. The number of hydrogen-bond donors (Lipinski definition) is 2. The number of aromatic nitrogens is 3. The number of nitrogens with zero attached hydrogens (tertiary/aromatic N) is 3. The highest BCUT2D eigenvalue weighted by molar-refractivity contribution is 6.30. The van der Waals surface area contributed by atoms with Crippen molar-refractivity contribution in [2.45, 2.75) is 46.0 Å². The van der Waals surface area contributed by atoms with Gasteiger partial charge in [0.2, 0.25) is 0 Å². The quantitative estimate of drug-likeness (QED) is 0.415. The van der Waals surface area contributed by atoms with Crippen molar-refractivity contribution < 1.29 is 27.4 Å². The average Bonchev–Trinajstić information content (AvgIpc) is 2.79. The molecule has 13 heteroatoms. The van der Waals surface area contributed by atoms with Crippen molar-refractivity contribution in [2.24, 2.45) is 0 Å². The van der Waals surface area contributed by atoms with Crippen molar-refractivity contribution >= 4 is 23.5 Å². The molecule has 2 heterocycles. The molecule has 9 nitrogen and oxygen atoms in total. The monoisotopic (exact) mass is 539 g/mol. The van der Waals surface area contributed by atoms with Gasteiger partial charge in [-0.15, -0.1) is 5.10 Å². The lowest BCUT2D eigenvalue weighted by atomic mass is 10.1. The summed E-state index contributed by atoms with van der Waals surface area (Å²) in [5.41, 5.74) is 3.66. The van der Waals surface area contributed by atoms with E-state index >= 15 is 0 Å². The van der Waals surface area contributed by atoms with Gasteiger partial charge in [0.15, 0.2) is 11.6 Å². The van der Waals surface area contributed by atoms with Gasteiger partial charge in [0, 0.05) is 10.7 Å². The van der Waals surface area contributed by atoms with Crippen molar-refractivity contribution in [3.63, 3.8) is 0 Å². The highest BCUT2D eigenvalue weighted by atomic mass is 35.5. The second-order valence-corrected chi connectivity index (χ2v) is 9.35. The van der Waals surface area contributed by atoms with Crippen molar-refractivity contribution in [3.8, 4) is 16.9 Å². The fourth-order valence-corrected chi connectivity index (χ4v) is 3.43. The first kappa shape index (κ1) is 27.8. The first-order valence-corrected chi connectivity index (χ1v) is 11.3. The zero-order valence-electron chi connectivity index (χ0n) is 20.7. The molecule has 2 aromatic heterocycles. The minimum Gasteiger partial charge on any atom is -0.490 e. The Kier molecular flexibility index (Phi) is 8.01. The third-order valence-corrected chi connectivity index (χ3v) is 5.19. The van der Waals surface area contributed by atoms with E-state index in [1.807, 2.05) is 0 Å². The molecular weight excluding hydrogens is 515 g/mol. The zero-order valence-corrected chi connectivity index (χ0v) is 21.4. The van der Waals surface area contributed by atoms with Crippen LogP contribution in [0.15, 0.2) is 41.2 Å². The maximum Gasteiger partial charge on any atom is 0.433 e. The van der Waals surface area contributed by atoms with Gasteiger partial charge < -0.3 is 9.47 Å². The molecule has 198 valence electrons. The fourth-order valence-electron chi connectivity index (χ4n) is 3.31. The SMILES string of the molecule is COc1c(-c2ccc(Cl)cc2)c(NNC(=O)OC(C)(C)C)nn(Cc2ccc(C(F)(F)F)nc2C)c1=O. The number of anilines is 1. The molecule has 37 heavy (non-hydrogen) atoms. The molecule has 0 fully saturated rings. The normalized spacial score (nSPS) is 11.7. The number of hydrogen-bond acceptors (Lipinski definition) is 7. The molecule has 0 saturated heterocycles. The van der Waals surface area contributed by atoms with Gasteiger partial charge in [-0.2, -0.15) is 13.2 Å². The summed E-state index contributed by atoms with van der Waals surface area (Å²) in [6, 6.07) is 8.53.